The molecule has 0 amide bonds. The predicted molar refractivity (Wildman–Crippen MR) is 95.4 cm³/mol. The summed E-state index contributed by atoms with van der Waals surface area (Å²) < 4.78 is 0. The van der Waals surface area contributed by atoms with Gasteiger partial charge in [0.2, 0.25) is 0 Å². The van der Waals surface area contributed by atoms with E-state index in [0.29, 0.717) is 10.6 Å². The van der Waals surface area contributed by atoms with E-state index in [1.807, 2.05) is 24.3 Å². The lowest BCUT2D eigenvalue weighted by Gasteiger charge is -2.20. The highest BCUT2D eigenvalue weighted by Crippen LogP contribution is 2.30. The SMILES string of the molecule is CCN(CC)c1ccc(N=Cc2cc(Cl)cc(Cl)c2O)cc1. The first-order valence-electron chi connectivity index (χ1n) is 7.12. The lowest BCUT2D eigenvalue weighted by atomic mass is 10.2. The highest BCUT2D eigenvalue weighted by molar-refractivity contribution is 6.36. The Morgan fingerprint density at radius 3 is 2.32 bits per heavy atom. The third kappa shape index (κ3) is 3.93. The van der Waals surface area contributed by atoms with Crippen LogP contribution in [0.15, 0.2) is 41.4 Å². The van der Waals surface area contributed by atoms with Crippen molar-refractivity contribution in [2.45, 2.75) is 13.8 Å². The number of aliphatic imine (C=N–C) groups is 1. The number of benzene rings is 2. The molecule has 0 spiro atoms. The molecule has 0 unspecified atom stereocenters. The van der Waals surface area contributed by atoms with Gasteiger partial charge in [-0.3, -0.25) is 4.99 Å². The summed E-state index contributed by atoms with van der Waals surface area (Å²) in [6.45, 7) is 6.18. The lowest BCUT2D eigenvalue weighted by molar-refractivity contribution is 0.475. The van der Waals surface area contributed by atoms with Gasteiger partial charge in [-0.1, -0.05) is 23.2 Å². The minimum absolute atomic E-state index is 0.0189. The van der Waals surface area contributed by atoms with E-state index in [9.17, 15) is 5.11 Å². The molecule has 0 bridgehead atoms. The van der Waals surface area contributed by atoms with Crippen molar-refractivity contribution in [2.24, 2.45) is 4.99 Å². The Labute approximate surface area is 140 Å². The van der Waals surface area contributed by atoms with Crippen LogP contribution in [0.3, 0.4) is 0 Å². The molecule has 0 aliphatic carbocycles. The molecule has 2 rings (SSSR count). The zero-order chi connectivity index (χ0) is 16.1. The number of anilines is 1. The Kier molecular flexibility index (Phi) is 5.69. The van der Waals surface area contributed by atoms with Crippen LogP contribution >= 0.6 is 23.2 Å². The van der Waals surface area contributed by atoms with E-state index in [0.717, 1.165) is 24.5 Å². The number of phenols is 1. The second-order valence-electron chi connectivity index (χ2n) is 4.77. The van der Waals surface area contributed by atoms with Crippen molar-refractivity contribution in [3.05, 3.63) is 52.0 Å². The van der Waals surface area contributed by atoms with Crippen molar-refractivity contribution in [1.82, 2.24) is 0 Å². The molecule has 0 aromatic heterocycles. The highest BCUT2D eigenvalue weighted by atomic mass is 35.5. The van der Waals surface area contributed by atoms with Crippen molar-refractivity contribution in [2.75, 3.05) is 18.0 Å². The molecule has 116 valence electrons. The topological polar surface area (TPSA) is 35.8 Å². The minimum Gasteiger partial charge on any atom is -0.506 e. The Morgan fingerprint density at radius 2 is 1.73 bits per heavy atom. The van der Waals surface area contributed by atoms with Gasteiger partial charge in [0.05, 0.1) is 10.7 Å². The Morgan fingerprint density at radius 1 is 1.09 bits per heavy atom. The maximum absolute atomic E-state index is 9.89. The van der Waals surface area contributed by atoms with Crippen LogP contribution < -0.4 is 4.90 Å². The molecule has 0 heterocycles. The molecule has 2 aromatic carbocycles. The average molecular weight is 337 g/mol. The van der Waals surface area contributed by atoms with Crippen molar-refractivity contribution >= 4 is 40.8 Å². The summed E-state index contributed by atoms with van der Waals surface area (Å²) in [6.07, 6.45) is 1.56. The van der Waals surface area contributed by atoms with Crippen LogP contribution in [0.2, 0.25) is 10.0 Å². The normalized spacial score (nSPS) is 11.1. The van der Waals surface area contributed by atoms with Gasteiger partial charge < -0.3 is 10.0 Å². The number of phenolic OH excluding ortho intramolecular Hbond substituents is 1. The second-order valence-corrected chi connectivity index (χ2v) is 5.62. The Hall–Kier alpha value is -1.71. The molecular formula is C17H18Cl2N2O. The average Bonchev–Trinajstić information content (AvgIpc) is 2.52. The molecule has 0 aliphatic rings. The van der Waals surface area contributed by atoms with Gasteiger partial charge >= 0.3 is 0 Å². The minimum atomic E-state index is -0.0189. The van der Waals surface area contributed by atoms with Gasteiger partial charge in [-0.05, 0) is 50.2 Å². The van der Waals surface area contributed by atoms with E-state index in [1.165, 1.54) is 6.07 Å². The molecule has 1 N–H and O–H groups in total. The number of nitrogens with zero attached hydrogens (tertiary/aromatic N) is 2. The summed E-state index contributed by atoms with van der Waals surface area (Å²) >= 11 is 11.8. The standard InChI is InChI=1S/C17H18Cl2N2O/c1-3-21(4-2)15-7-5-14(6-8-15)20-11-12-9-13(18)10-16(19)17(12)22/h5-11,22H,3-4H2,1-2H3. The number of halogens is 2. The van der Waals surface area contributed by atoms with Gasteiger partial charge in [-0.15, -0.1) is 0 Å². The monoisotopic (exact) mass is 336 g/mol. The van der Waals surface area contributed by atoms with E-state index in [4.69, 9.17) is 23.2 Å². The van der Waals surface area contributed by atoms with E-state index >= 15 is 0 Å². The molecule has 3 nitrogen and oxygen atoms in total. The number of hydrogen-bond acceptors (Lipinski definition) is 3. The van der Waals surface area contributed by atoms with Crippen LogP contribution in [0.1, 0.15) is 19.4 Å². The first-order valence-corrected chi connectivity index (χ1v) is 7.87. The van der Waals surface area contributed by atoms with Gasteiger partial charge in [-0.25, -0.2) is 0 Å². The van der Waals surface area contributed by atoms with Gasteiger partial charge in [0.15, 0.2) is 0 Å². The predicted octanol–water partition coefficient (Wildman–Crippen LogP) is 5.30. The first-order chi connectivity index (χ1) is 10.5. The molecular weight excluding hydrogens is 319 g/mol. The summed E-state index contributed by atoms with van der Waals surface area (Å²) in [5.41, 5.74) is 2.45. The number of rotatable bonds is 5. The molecule has 5 heteroatoms. The van der Waals surface area contributed by atoms with Crippen LogP contribution in [0.25, 0.3) is 0 Å². The molecule has 22 heavy (non-hydrogen) atoms. The zero-order valence-electron chi connectivity index (χ0n) is 12.6. The fraction of sp³-hybridized carbons (Fsp3) is 0.235. The highest BCUT2D eigenvalue weighted by Gasteiger charge is 2.06. The fourth-order valence-corrected chi connectivity index (χ4v) is 2.68. The van der Waals surface area contributed by atoms with Crippen LogP contribution in [0, 0.1) is 0 Å². The smallest absolute Gasteiger partial charge is 0.143 e. The van der Waals surface area contributed by atoms with Crippen molar-refractivity contribution in [3.8, 4) is 5.75 Å². The summed E-state index contributed by atoms with van der Waals surface area (Å²) in [5.74, 6) is -0.0189. The summed E-state index contributed by atoms with van der Waals surface area (Å²) in [7, 11) is 0. The maximum atomic E-state index is 9.89. The van der Waals surface area contributed by atoms with Crippen LogP contribution in [0.5, 0.6) is 5.75 Å². The quantitative estimate of drug-likeness (QED) is 0.752. The molecule has 0 aliphatic heterocycles. The fourth-order valence-electron chi connectivity index (χ4n) is 2.17. The summed E-state index contributed by atoms with van der Waals surface area (Å²) in [6, 6.07) is 11.1. The number of aromatic hydroxyl groups is 1. The third-order valence-electron chi connectivity index (χ3n) is 3.39. The lowest BCUT2D eigenvalue weighted by Crippen LogP contribution is -2.21. The van der Waals surface area contributed by atoms with Gasteiger partial charge in [0.25, 0.3) is 0 Å². The molecule has 0 fully saturated rings. The first kappa shape index (κ1) is 16.7. The summed E-state index contributed by atoms with van der Waals surface area (Å²) in [5, 5.41) is 10.6. The number of hydrogen-bond donors (Lipinski definition) is 1. The van der Waals surface area contributed by atoms with Crippen LogP contribution in [-0.4, -0.2) is 24.4 Å². The summed E-state index contributed by atoms with van der Waals surface area (Å²) in [4.78, 5) is 6.61. The van der Waals surface area contributed by atoms with Crippen molar-refractivity contribution in [1.29, 1.82) is 0 Å². The van der Waals surface area contributed by atoms with Crippen LogP contribution in [-0.2, 0) is 0 Å². The van der Waals surface area contributed by atoms with E-state index in [1.54, 1.807) is 12.3 Å². The van der Waals surface area contributed by atoms with Gasteiger partial charge in [0.1, 0.15) is 5.75 Å². The molecule has 0 saturated carbocycles. The third-order valence-corrected chi connectivity index (χ3v) is 3.89. The second kappa shape index (κ2) is 7.52. The molecule has 2 aromatic rings. The molecule has 0 atom stereocenters. The van der Waals surface area contributed by atoms with Crippen molar-refractivity contribution in [3.63, 3.8) is 0 Å². The van der Waals surface area contributed by atoms with E-state index in [-0.39, 0.29) is 10.8 Å². The van der Waals surface area contributed by atoms with E-state index in [2.05, 4.69) is 23.7 Å². The van der Waals surface area contributed by atoms with Gasteiger partial charge in [-0.2, -0.15) is 0 Å². The van der Waals surface area contributed by atoms with Crippen LogP contribution in [0.4, 0.5) is 11.4 Å². The van der Waals surface area contributed by atoms with E-state index < -0.39 is 0 Å². The van der Waals surface area contributed by atoms with Crippen molar-refractivity contribution < 1.29 is 5.11 Å². The Balaban J connectivity index is 2.21. The largest absolute Gasteiger partial charge is 0.506 e. The zero-order valence-corrected chi connectivity index (χ0v) is 14.1. The maximum Gasteiger partial charge on any atom is 0.143 e. The molecule has 0 saturated heterocycles. The molecule has 0 radical (unpaired) electrons. The Bertz CT molecular complexity index is 665. The van der Waals surface area contributed by atoms with Gasteiger partial charge in [0, 0.05) is 35.6 Å².